The fraction of sp³-hybridized carbons (Fsp3) is 0.583. The molecule has 1 unspecified atom stereocenters. The van der Waals surface area contributed by atoms with Crippen LogP contribution in [-0.2, 0) is 4.79 Å². The number of carboxylic acids is 1. The van der Waals surface area contributed by atoms with Gasteiger partial charge in [0.05, 0.1) is 10.9 Å². The van der Waals surface area contributed by atoms with Crippen molar-refractivity contribution in [3.05, 3.63) is 21.3 Å². The summed E-state index contributed by atoms with van der Waals surface area (Å²) in [5.41, 5.74) is 1.25. The number of thiophene rings is 1. The van der Waals surface area contributed by atoms with Crippen molar-refractivity contribution in [2.45, 2.75) is 13.0 Å². The lowest BCUT2D eigenvalue weighted by atomic mass is 10.1. The highest BCUT2D eigenvalue weighted by atomic mass is 35.5. The molecule has 6 heteroatoms. The first-order valence-electron chi connectivity index (χ1n) is 5.98. The van der Waals surface area contributed by atoms with Gasteiger partial charge >= 0.3 is 5.97 Å². The summed E-state index contributed by atoms with van der Waals surface area (Å²) in [7, 11) is 0. The minimum absolute atomic E-state index is 0.145. The van der Waals surface area contributed by atoms with E-state index >= 15 is 0 Å². The van der Waals surface area contributed by atoms with Crippen molar-refractivity contribution in [3.63, 3.8) is 0 Å². The van der Waals surface area contributed by atoms with Crippen LogP contribution in [0.15, 0.2) is 11.4 Å². The van der Waals surface area contributed by atoms with Crippen molar-refractivity contribution in [2.24, 2.45) is 0 Å². The molecule has 0 aromatic carbocycles. The lowest BCUT2D eigenvalue weighted by molar-refractivity contribution is -0.138. The highest BCUT2D eigenvalue weighted by Gasteiger charge is 2.23. The van der Waals surface area contributed by atoms with Gasteiger partial charge in [-0.3, -0.25) is 14.6 Å². The number of hydrogen-bond donors (Lipinski definition) is 1. The Bertz CT molecular complexity index is 416. The highest BCUT2D eigenvalue weighted by molar-refractivity contribution is 7.14. The number of piperazine rings is 1. The summed E-state index contributed by atoms with van der Waals surface area (Å²) in [6.45, 7) is 5.75. The monoisotopic (exact) mass is 288 g/mol. The Morgan fingerprint density at radius 2 is 2.17 bits per heavy atom. The van der Waals surface area contributed by atoms with E-state index in [1.54, 1.807) is 11.3 Å². The molecule has 100 valence electrons. The minimum atomic E-state index is -0.749. The fourth-order valence-corrected chi connectivity index (χ4v) is 3.23. The van der Waals surface area contributed by atoms with Gasteiger partial charge in [0.25, 0.3) is 0 Å². The zero-order valence-electron chi connectivity index (χ0n) is 10.3. The number of halogens is 1. The van der Waals surface area contributed by atoms with E-state index in [-0.39, 0.29) is 6.54 Å². The van der Waals surface area contributed by atoms with Gasteiger partial charge in [0, 0.05) is 32.2 Å². The summed E-state index contributed by atoms with van der Waals surface area (Å²) < 4.78 is 0.821. The molecule has 1 aliphatic heterocycles. The van der Waals surface area contributed by atoms with Gasteiger partial charge in [-0.25, -0.2) is 0 Å². The van der Waals surface area contributed by atoms with E-state index in [9.17, 15) is 4.79 Å². The van der Waals surface area contributed by atoms with Gasteiger partial charge in [-0.2, -0.15) is 0 Å². The van der Waals surface area contributed by atoms with Gasteiger partial charge in [-0.15, -0.1) is 11.3 Å². The first-order valence-corrected chi connectivity index (χ1v) is 7.24. The van der Waals surface area contributed by atoms with Crippen LogP contribution in [0.25, 0.3) is 0 Å². The molecule has 18 heavy (non-hydrogen) atoms. The van der Waals surface area contributed by atoms with E-state index in [1.165, 1.54) is 5.56 Å². The summed E-state index contributed by atoms with van der Waals surface area (Å²) in [5.74, 6) is -0.749. The average molecular weight is 289 g/mol. The van der Waals surface area contributed by atoms with Gasteiger partial charge < -0.3 is 5.11 Å². The Morgan fingerprint density at radius 1 is 1.50 bits per heavy atom. The van der Waals surface area contributed by atoms with Crippen LogP contribution in [-0.4, -0.2) is 53.6 Å². The lowest BCUT2D eigenvalue weighted by Crippen LogP contribution is -2.48. The quantitative estimate of drug-likeness (QED) is 0.922. The number of nitrogens with zero attached hydrogens (tertiary/aromatic N) is 2. The third-order valence-electron chi connectivity index (χ3n) is 3.38. The predicted octanol–water partition coefficient (Wildman–Crippen LogP) is 2.16. The maximum Gasteiger partial charge on any atom is 0.317 e. The van der Waals surface area contributed by atoms with Crippen LogP contribution in [0, 0.1) is 0 Å². The smallest absolute Gasteiger partial charge is 0.317 e. The number of carbonyl (C=O) groups is 1. The van der Waals surface area contributed by atoms with Crippen LogP contribution in [0.5, 0.6) is 0 Å². The van der Waals surface area contributed by atoms with Crippen molar-refractivity contribution in [2.75, 3.05) is 32.7 Å². The second kappa shape index (κ2) is 6.02. The van der Waals surface area contributed by atoms with Crippen molar-refractivity contribution in [1.82, 2.24) is 9.80 Å². The fourth-order valence-electron chi connectivity index (χ4n) is 2.25. The number of rotatable bonds is 4. The lowest BCUT2D eigenvalue weighted by Gasteiger charge is -2.37. The Hall–Kier alpha value is -0.620. The zero-order chi connectivity index (χ0) is 13.1. The summed E-state index contributed by atoms with van der Waals surface area (Å²) in [5, 5.41) is 10.8. The SMILES string of the molecule is CC(c1csc(Cl)c1)N1CCN(CC(=O)O)CC1. The molecule has 1 aliphatic rings. The van der Waals surface area contributed by atoms with E-state index in [1.807, 2.05) is 11.0 Å². The summed E-state index contributed by atoms with van der Waals surface area (Å²) in [4.78, 5) is 15.0. The first-order chi connectivity index (χ1) is 8.56. The molecule has 2 rings (SSSR count). The topological polar surface area (TPSA) is 43.8 Å². The van der Waals surface area contributed by atoms with E-state index in [2.05, 4.69) is 17.2 Å². The highest BCUT2D eigenvalue weighted by Crippen LogP contribution is 2.28. The molecule has 1 N–H and O–H groups in total. The molecule has 2 heterocycles. The molecule has 0 spiro atoms. The molecule has 1 aromatic rings. The van der Waals surface area contributed by atoms with Crippen molar-refractivity contribution < 1.29 is 9.90 Å². The average Bonchev–Trinajstić information content (AvgIpc) is 2.75. The molecule has 1 fully saturated rings. The Kier molecular flexibility index (Phi) is 4.61. The maximum atomic E-state index is 10.6. The van der Waals surface area contributed by atoms with Crippen LogP contribution in [0.3, 0.4) is 0 Å². The van der Waals surface area contributed by atoms with Crippen LogP contribution in [0.1, 0.15) is 18.5 Å². The molecular weight excluding hydrogens is 272 g/mol. The molecule has 4 nitrogen and oxygen atoms in total. The van der Waals surface area contributed by atoms with E-state index in [0.717, 1.165) is 30.5 Å². The third-order valence-corrected chi connectivity index (χ3v) is 4.49. The van der Waals surface area contributed by atoms with Crippen molar-refractivity contribution in [3.8, 4) is 0 Å². The molecule has 0 radical (unpaired) electrons. The van der Waals surface area contributed by atoms with Crippen molar-refractivity contribution >= 4 is 28.9 Å². The predicted molar refractivity (Wildman–Crippen MR) is 73.4 cm³/mol. The number of carboxylic acid groups (broad SMARTS) is 1. The molecule has 1 saturated heterocycles. The molecule has 0 saturated carbocycles. The minimum Gasteiger partial charge on any atom is -0.480 e. The first kappa shape index (κ1) is 13.8. The largest absolute Gasteiger partial charge is 0.480 e. The van der Waals surface area contributed by atoms with Crippen LogP contribution >= 0.6 is 22.9 Å². The Balaban J connectivity index is 1.87. The molecular formula is C12H17ClN2O2S. The number of aliphatic carboxylic acids is 1. The Labute approximate surface area is 116 Å². The molecule has 1 atom stereocenters. The molecule has 0 bridgehead atoms. The standard InChI is InChI=1S/C12H17ClN2O2S/c1-9(10-6-11(13)18-8-10)15-4-2-14(3-5-15)7-12(16)17/h6,8-9H,2-5,7H2,1H3,(H,16,17). The van der Waals surface area contributed by atoms with Gasteiger partial charge in [0.1, 0.15) is 0 Å². The normalized spacial score (nSPS) is 19.9. The van der Waals surface area contributed by atoms with Crippen LogP contribution in [0.2, 0.25) is 4.34 Å². The van der Waals surface area contributed by atoms with Gasteiger partial charge in [0.15, 0.2) is 0 Å². The second-order valence-electron chi connectivity index (χ2n) is 4.57. The van der Waals surface area contributed by atoms with Crippen LogP contribution in [0.4, 0.5) is 0 Å². The summed E-state index contributed by atoms with van der Waals surface area (Å²) in [6.07, 6.45) is 0. The molecule has 0 amide bonds. The van der Waals surface area contributed by atoms with E-state index < -0.39 is 5.97 Å². The van der Waals surface area contributed by atoms with Gasteiger partial charge in [-0.05, 0) is 23.9 Å². The third kappa shape index (κ3) is 3.45. The van der Waals surface area contributed by atoms with E-state index in [4.69, 9.17) is 16.7 Å². The van der Waals surface area contributed by atoms with Crippen molar-refractivity contribution in [1.29, 1.82) is 0 Å². The number of hydrogen-bond acceptors (Lipinski definition) is 4. The second-order valence-corrected chi connectivity index (χ2v) is 6.11. The van der Waals surface area contributed by atoms with Gasteiger partial charge in [-0.1, -0.05) is 11.6 Å². The molecule has 1 aromatic heterocycles. The molecule has 0 aliphatic carbocycles. The zero-order valence-corrected chi connectivity index (χ0v) is 11.9. The summed E-state index contributed by atoms with van der Waals surface area (Å²) >= 11 is 7.51. The van der Waals surface area contributed by atoms with Gasteiger partial charge in [0.2, 0.25) is 0 Å². The summed E-state index contributed by atoms with van der Waals surface area (Å²) in [6, 6.07) is 2.36. The van der Waals surface area contributed by atoms with E-state index in [0.29, 0.717) is 6.04 Å². The maximum absolute atomic E-state index is 10.6. The Morgan fingerprint density at radius 3 is 2.67 bits per heavy atom. The van der Waals surface area contributed by atoms with Crippen LogP contribution < -0.4 is 0 Å².